The first kappa shape index (κ1) is 15.0. The van der Waals surface area contributed by atoms with Gasteiger partial charge in [0.1, 0.15) is 5.69 Å². The number of para-hydroxylation sites is 1. The molecular formula is C19H19N3O. The summed E-state index contributed by atoms with van der Waals surface area (Å²) in [5, 5.41) is 7.39. The molecule has 4 heteroatoms. The van der Waals surface area contributed by atoms with Crippen LogP contribution in [-0.2, 0) is 6.54 Å². The molecule has 0 fully saturated rings. The average Bonchev–Trinajstić information content (AvgIpc) is 2.95. The predicted molar refractivity (Wildman–Crippen MR) is 90.7 cm³/mol. The van der Waals surface area contributed by atoms with Crippen molar-refractivity contribution in [3.8, 4) is 5.69 Å². The summed E-state index contributed by atoms with van der Waals surface area (Å²) in [5.41, 5.74) is 4.50. The molecular weight excluding hydrogens is 286 g/mol. The first-order valence-corrected chi connectivity index (χ1v) is 7.59. The van der Waals surface area contributed by atoms with Gasteiger partial charge in [-0.25, -0.2) is 4.68 Å². The van der Waals surface area contributed by atoms with Crippen LogP contribution in [0.5, 0.6) is 0 Å². The molecule has 3 rings (SSSR count). The summed E-state index contributed by atoms with van der Waals surface area (Å²) in [6, 6.07) is 19.6. The maximum atomic E-state index is 12.5. The average molecular weight is 305 g/mol. The normalized spacial score (nSPS) is 10.5. The third-order valence-electron chi connectivity index (χ3n) is 3.60. The minimum atomic E-state index is -0.129. The Morgan fingerprint density at radius 3 is 2.57 bits per heavy atom. The molecule has 0 aliphatic heterocycles. The molecule has 1 amide bonds. The van der Waals surface area contributed by atoms with Gasteiger partial charge >= 0.3 is 0 Å². The van der Waals surface area contributed by atoms with E-state index < -0.39 is 0 Å². The van der Waals surface area contributed by atoms with E-state index >= 15 is 0 Å². The first-order valence-electron chi connectivity index (χ1n) is 7.59. The van der Waals surface area contributed by atoms with Crippen molar-refractivity contribution >= 4 is 5.91 Å². The summed E-state index contributed by atoms with van der Waals surface area (Å²) in [4.78, 5) is 12.5. The lowest BCUT2D eigenvalue weighted by Crippen LogP contribution is -2.25. The van der Waals surface area contributed by atoms with Gasteiger partial charge in [0.05, 0.1) is 11.4 Å². The second-order valence-corrected chi connectivity index (χ2v) is 5.59. The van der Waals surface area contributed by atoms with E-state index in [1.54, 1.807) is 10.7 Å². The van der Waals surface area contributed by atoms with E-state index in [0.717, 1.165) is 16.9 Å². The summed E-state index contributed by atoms with van der Waals surface area (Å²) in [6.07, 6.45) is 0. The van der Waals surface area contributed by atoms with Gasteiger partial charge in [0.25, 0.3) is 5.91 Å². The van der Waals surface area contributed by atoms with Crippen molar-refractivity contribution in [2.75, 3.05) is 0 Å². The summed E-state index contributed by atoms with van der Waals surface area (Å²) in [7, 11) is 0. The van der Waals surface area contributed by atoms with Crippen molar-refractivity contribution in [2.45, 2.75) is 20.4 Å². The Hall–Kier alpha value is -2.88. The Bertz CT molecular complexity index is 822. The largest absolute Gasteiger partial charge is 0.347 e. The molecule has 23 heavy (non-hydrogen) atoms. The second kappa shape index (κ2) is 6.48. The lowest BCUT2D eigenvalue weighted by molar-refractivity contribution is 0.0943. The highest BCUT2D eigenvalue weighted by Crippen LogP contribution is 2.12. The standard InChI is InChI=1S/C19H19N3O/c1-14-7-6-8-16(11-14)13-20-19(23)18-12-15(2)21-22(18)17-9-4-3-5-10-17/h3-12H,13H2,1-2H3,(H,20,23). The van der Waals surface area contributed by atoms with Crippen molar-refractivity contribution in [3.05, 3.63) is 83.2 Å². The molecule has 0 spiro atoms. The minimum Gasteiger partial charge on any atom is -0.347 e. The third-order valence-corrected chi connectivity index (χ3v) is 3.60. The van der Waals surface area contributed by atoms with Gasteiger partial charge in [-0.05, 0) is 37.6 Å². The maximum Gasteiger partial charge on any atom is 0.270 e. The van der Waals surface area contributed by atoms with Crippen molar-refractivity contribution in [3.63, 3.8) is 0 Å². The molecule has 0 radical (unpaired) electrons. The molecule has 0 unspecified atom stereocenters. The summed E-state index contributed by atoms with van der Waals surface area (Å²) >= 11 is 0. The highest BCUT2D eigenvalue weighted by molar-refractivity contribution is 5.93. The van der Waals surface area contributed by atoms with Gasteiger partial charge < -0.3 is 5.32 Å². The Labute approximate surface area is 135 Å². The molecule has 0 saturated carbocycles. The van der Waals surface area contributed by atoms with E-state index in [1.165, 1.54) is 5.56 Å². The van der Waals surface area contributed by atoms with E-state index in [-0.39, 0.29) is 5.91 Å². The van der Waals surface area contributed by atoms with Crippen LogP contribution in [0.4, 0.5) is 0 Å². The number of hydrogen-bond donors (Lipinski definition) is 1. The molecule has 0 bridgehead atoms. The van der Waals surface area contributed by atoms with E-state index in [0.29, 0.717) is 12.2 Å². The highest BCUT2D eigenvalue weighted by Gasteiger charge is 2.14. The number of aryl methyl sites for hydroxylation is 2. The zero-order chi connectivity index (χ0) is 16.2. The smallest absolute Gasteiger partial charge is 0.270 e. The van der Waals surface area contributed by atoms with Crippen LogP contribution in [0.2, 0.25) is 0 Å². The van der Waals surface area contributed by atoms with Crippen molar-refractivity contribution < 1.29 is 4.79 Å². The number of hydrogen-bond acceptors (Lipinski definition) is 2. The molecule has 116 valence electrons. The Morgan fingerprint density at radius 1 is 1.04 bits per heavy atom. The molecule has 0 atom stereocenters. The number of carbonyl (C=O) groups excluding carboxylic acids is 1. The number of rotatable bonds is 4. The van der Waals surface area contributed by atoms with Gasteiger partial charge in [-0.2, -0.15) is 5.10 Å². The quantitative estimate of drug-likeness (QED) is 0.803. The Balaban J connectivity index is 1.80. The highest BCUT2D eigenvalue weighted by atomic mass is 16.2. The third kappa shape index (κ3) is 3.48. The van der Waals surface area contributed by atoms with Gasteiger partial charge in [0.15, 0.2) is 0 Å². The van der Waals surface area contributed by atoms with Gasteiger partial charge in [-0.1, -0.05) is 48.0 Å². The monoisotopic (exact) mass is 305 g/mol. The van der Waals surface area contributed by atoms with Crippen LogP contribution in [0, 0.1) is 13.8 Å². The van der Waals surface area contributed by atoms with Crippen molar-refractivity contribution in [2.24, 2.45) is 0 Å². The lowest BCUT2D eigenvalue weighted by Gasteiger charge is -2.09. The zero-order valence-corrected chi connectivity index (χ0v) is 13.3. The molecule has 0 saturated heterocycles. The van der Waals surface area contributed by atoms with Crippen LogP contribution in [0.3, 0.4) is 0 Å². The fourth-order valence-corrected chi connectivity index (χ4v) is 2.52. The summed E-state index contributed by atoms with van der Waals surface area (Å²) in [5.74, 6) is -0.129. The fraction of sp³-hybridized carbons (Fsp3) is 0.158. The number of nitrogens with zero attached hydrogens (tertiary/aromatic N) is 2. The Kier molecular flexibility index (Phi) is 4.24. The van der Waals surface area contributed by atoms with Gasteiger partial charge in [0, 0.05) is 6.54 Å². The van der Waals surface area contributed by atoms with Crippen LogP contribution >= 0.6 is 0 Å². The van der Waals surface area contributed by atoms with E-state index in [9.17, 15) is 4.79 Å². The summed E-state index contributed by atoms with van der Waals surface area (Å²) in [6.45, 7) is 4.43. The molecule has 0 aliphatic carbocycles. The van der Waals surface area contributed by atoms with E-state index in [1.807, 2.05) is 62.4 Å². The SMILES string of the molecule is Cc1cccc(CNC(=O)c2cc(C)nn2-c2ccccc2)c1. The molecule has 4 nitrogen and oxygen atoms in total. The number of carbonyl (C=O) groups is 1. The van der Waals surface area contributed by atoms with Crippen molar-refractivity contribution in [1.82, 2.24) is 15.1 Å². The maximum absolute atomic E-state index is 12.5. The number of nitrogens with one attached hydrogen (secondary N) is 1. The van der Waals surface area contributed by atoms with E-state index in [4.69, 9.17) is 0 Å². The van der Waals surface area contributed by atoms with Gasteiger partial charge in [-0.3, -0.25) is 4.79 Å². The van der Waals surface area contributed by atoms with Crippen LogP contribution in [0.25, 0.3) is 5.69 Å². The summed E-state index contributed by atoms with van der Waals surface area (Å²) < 4.78 is 1.68. The number of aromatic nitrogens is 2. The van der Waals surface area contributed by atoms with Crippen LogP contribution in [-0.4, -0.2) is 15.7 Å². The Morgan fingerprint density at radius 2 is 1.83 bits per heavy atom. The molecule has 3 aromatic rings. The number of benzene rings is 2. The minimum absolute atomic E-state index is 0.129. The van der Waals surface area contributed by atoms with E-state index in [2.05, 4.69) is 16.5 Å². The fourth-order valence-electron chi connectivity index (χ4n) is 2.52. The molecule has 1 heterocycles. The van der Waals surface area contributed by atoms with Crippen LogP contribution in [0.1, 0.15) is 27.3 Å². The van der Waals surface area contributed by atoms with Crippen molar-refractivity contribution in [1.29, 1.82) is 0 Å². The molecule has 2 aromatic carbocycles. The lowest BCUT2D eigenvalue weighted by atomic mass is 10.1. The number of amides is 1. The zero-order valence-electron chi connectivity index (χ0n) is 13.3. The first-order chi connectivity index (χ1) is 11.1. The molecule has 1 N–H and O–H groups in total. The second-order valence-electron chi connectivity index (χ2n) is 5.59. The van der Waals surface area contributed by atoms with Crippen LogP contribution < -0.4 is 5.32 Å². The van der Waals surface area contributed by atoms with Crippen LogP contribution in [0.15, 0.2) is 60.7 Å². The topological polar surface area (TPSA) is 46.9 Å². The molecule has 0 aliphatic rings. The van der Waals surface area contributed by atoms with Gasteiger partial charge in [-0.15, -0.1) is 0 Å². The van der Waals surface area contributed by atoms with Gasteiger partial charge in [0.2, 0.25) is 0 Å². The predicted octanol–water partition coefficient (Wildman–Crippen LogP) is 3.42. The molecule has 1 aromatic heterocycles.